The second kappa shape index (κ2) is 4.33. The van der Waals surface area contributed by atoms with Gasteiger partial charge in [-0.25, -0.2) is 4.79 Å². The predicted octanol–water partition coefficient (Wildman–Crippen LogP) is 1.67. The van der Waals surface area contributed by atoms with Gasteiger partial charge < -0.3 is 14.5 Å². The number of nitrogens with zero attached hydrogens (tertiary/aromatic N) is 1. The van der Waals surface area contributed by atoms with Crippen molar-refractivity contribution in [3.05, 3.63) is 12.0 Å². The van der Waals surface area contributed by atoms with E-state index in [0.717, 1.165) is 12.5 Å². The fraction of sp³-hybridized carbons (Fsp3) is 0.600. The Morgan fingerprint density at radius 3 is 3.20 bits per heavy atom. The van der Waals surface area contributed by atoms with Crippen molar-refractivity contribution < 1.29 is 13.9 Å². The molecule has 0 radical (unpaired) electrons. The molecule has 15 heavy (non-hydrogen) atoms. The van der Waals surface area contributed by atoms with Gasteiger partial charge in [0, 0.05) is 6.54 Å². The van der Waals surface area contributed by atoms with Crippen LogP contribution >= 0.6 is 0 Å². The Kier molecular flexibility index (Phi) is 2.89. The van der Waals surface area contributed by atoms with E-state index in [1.807, 2.05) is 0 Å². The zero-order valence-electron chi connectivity index (χ0n) is 8.66. The number of carbonyl (C=O) groups excluding carboxylic acids is 1. The molecule has 1 heterocycles. The first-order valence-electron chi connectivity index (χ1n) is 5.16. The Labute approximate surface area is 87.8 Å². The average Bonchev–Trinajstić information content (AvgIpc) is 2.93. The molecule has 1 aliphatic carbocycles. The van der Waals surface area contributed by atoms with Crippen LogP contribution in [0.3, 0.4) is 0 Å². The summed E-state index contributed by atoms with van der Waals surface area (Å²) in [6, 6.07) is 0.393. The van der Waals surface area contributed by atoms with Crippen molar-refractivity contribution in [3.8, 4) is 0 Å². The maximum atomic E-state index is 11.2. The molecule has 82 valence electrons. The van der Waals surface area contributed by atoms with Gasteiger partial charge in [-0.05, 0) is 25.7 Å². The van der Waals surface area contributed by atoms with E-state index in [4.69, 9.17) is 9.15 Å². The van der Waals surface area contributed by atoms with Gasteiger partial charge in [0.15, 0.2) is 5.69 Å². The van der Waals surface area contributed by atoms with Crippen molar-refractivity contribution in [1.82, 2.24) is 4.98 Å². The molecular weight excluding hydrogens is 196 g/mol. The van der Waals surface area contributed by atoms with Crippen LogP contribution in [0.4, 0.5) is 6.01 Å². The largest absolute Gasteiger partial charge is 0.461 e. The van der Waals surface area contributed by atoms with Crippen molar-refractivity contribution in [2.45, 2.75) is 19.8 Å². The van der Waals surface area contributed by atoms with Crippen LogP contribution in [0.25, 0.3) is 0 Å². The highest BCUT2D eigenvalue weighted by atomic mass is 16.5. The molecule has 1 aromatic rings. The number of nitrogens with one attached hydrogen (secondary N) is 1. The molecule has 0 aliphatic heterocycles. The summed E-state index contributed by atoms with van der Waals surface area (Å²) in [6.45, 7) is 2.96. The number of anilines is 1. The summed E-state index contributed by atoms with van der Waals surface area (Å²) in [5, 5.41) is 3.04. The van der Waals surface area contributed by atoms with Crippen LogP contribution in [0.2, 0.25) is 0 Å². The van der Waals surface area contributed by atoms with Crippen LogP contribution in [0.5, 0.6) is 0 Å². The lowest BCUT2D eigenvalue weighted by Gasteiger charge is -1.97. The zero-order chi connectivity index (χ0) is 10.7. The number of ether oxygens (including phenoxy) is 1. The number of esters is 1. The van der Waals surface area contributed by atoms with Crippen molar-refractivity contribution >= 4 is 12.0 Å². The summed E-state index contributed by atoms with van der Waals surface area (Å²) in [5.74, 6) is 0.295. The first kappa shape index (κ1) is 10.0. The van der Waals surface area contributed by atoms with Gasteiger partial charge in [-0.3, -0.25) is 0 Å². The lowest BCUT2D eigenvalue weighted by molar-refractivity contribution is 0.0519. The maximum absolute atomic E-state index is 11.2. The normalized spacial score (nSPS) is 15.0. The van der Waals surface area contributed by atoms with Crippen LogP contribution in [0, 0.1) is 5.92 Å². The summed E-state index contributed by atoms with van der Waals surface area (Å²) in [7, 11) is 0. The predicted molar refractivity (Wildman–Crippen MR) is 53.7 cm³/mol. The van der Waals surface area contributed by atoms with Crippen molar-refractivity contribution in [1.29, 1.82) is 0 Å². The van der Waals surface area contributed by atoms with Crippen molar-refractivity contribution in [2.24, 2.45) is 5.92 Å². The van der Waals surface area contributed by atoms with Gasteiger partial charge in [-0.1, -0.05) is 0 Å². The van der Waals surface area contributed by atoms with Gasteiger partial charge in [0.05, 0.1) is 6.61 Å². The molecular formula is C10H14N2O3. The number of aromatic nitrogens is 1. The third-order valence-corrected chi connectivity index (χ3v) is 2.23. The monoisotopic (exact) mass is 210 g/mol. The second-order valence-electron chi connectivity index (χ2n) is 3.58. The first-order chi connectivity index (χ1) is 7.29. The number of carbonyl (C=O) groups is 1. The van der Waals surface area contributed by atoms with Crippen molar-refractivity contribution in [3.63, 3.8) is 0 Å². The van der Waals surface area contributed by atoms with E-state index in [1.165, 1.54) is 19.1 Å². The molecule has 1 fully saturated rings. The van der Waals surface area contributed by atoms with Crippen LogP contribution in [0.1, 0.15) is 30.3 Å². The number of hydrogen-bond donors (Lipinski definition) is 1. The van der Waals surface area contributed by atoms with E-state index in [9.17, 15) is 4.79 Å². The number of hydrogen-bond acceptors (Lipinski definition) is 5. The standard InChI is InChI=1S/C10H14N2O3/c1-2-14-9(13)8-6-15-10(12-8)11-5-7-3-4-7/h6-7H,2-5H2,1H3,(H,11,12). The molecule has 1 aromatic heterocycles. The van der Waals surface area contributed by atoms with Gasteiger partial charge in [0.1, 0.15) is 6.26 Å². The van der Waals surface area contributed by atoms with E-state index in [0.29, 0.717) is 12.6 Å². The molecule has 0 unspecified atom stereocenters. The molecule has 1 saturated carbocycles. The summed E-state index contributed by atoms with van der Waals surface area (Å²) in [5.41, 5.74) is 0.218. The van der Waals surface area contributed by atoms with E-state index >= 15 is 0 Å². The Bertz CT molecular complexity index is 344. The first-order valence-corrected chi connectivity index (χ1v) is 5.16. The van der Waals surface area contributed by atoms with E-state index < -0.39 is 5.97 Å². The molecule has 1 aliphatic rings. The molecule has 0 spiro atoms. The summed E-state index contributed by atoms with van der Waals surface area (Å²) in [6.07, 6.45) is 3.84. The minimum atomic E-state index is -0.444. The minimum Gasteiger partial charge on any atom is -0.461 e. The van der Waals surface area contributed by atoms with E-state index in [-0.39, 0.29) is 5.69 Å². The molecule has 5 heteroatoms. The number of rotatable bonds is 5. The number of oxazole rings is 1. The summed E-state index contributed by atoms with van der Waals surface area (Å²) in [4.78, 5) is 15.2. The molecule has 0 saturated heterocycles. The summed E-state index contributed by atoms with van der Waals surface area (Å²) < 4.78 is 9.88. The highest BCUT2D eigenvalue weighted by Gasteiger charge is 2.21. The van der Waals surface area contributed by atoms with E-state index in [2.05, 4.69) is 10.3 Å². The van der Waals surface area contributed by atoms with Gasteiger partial charge in [-0.15, -0.1) is 0 Å². The molecule has 1 N–H and O–H groups in total. The van der Waals surface area contributed by atoms with Gasteiger partial charge in [0.25, 0.3) is 6.01 Å². The Morgan fingerprint density at radius 1 is 1.73 bits per heavy atom. The van der Waals surface area contributed by atoms with Gasteiger partial charge in [0.2, 0.25) is 0 Å². The SMILES string of the molecule is CCOC(=O)c1coc(NCC2CC2)n1. The smallest absolute Gasteiger partial charge is 0.360 e. The summed E-state index contributed by atoms with van der Waals surface area (Å²) >= 11 is 0. The Hall–Kier alpha value is -1.52. The fourth-order valence-corrected chi connectivity index (χ4v) is 1.21. The zero-order valence-corrected chi connectivity index (χ0v) is 8.66. The topological polar surface area (TPSA) is 64.4 Å². The molecule has 0 bridgehead atoms. The molecule has 0 amide bonds. The fourth-order valence-electron chi connectivity index (χ4n) is 1.21. The van der Waals surface area contributed by atoms with Crippen molar-refractivity contribution in [2.75, 3.05) is 18.5 Å². The Morgan fingerprint density at radius 2 is 2.53 bits per heavy atom. The van der Waals surface area contributed by atoms with E-state index in [1.54, 1.807) is 6.92 Å². The van der Waals surface area contributed by atoms with Crippen LogP contribution in [0.15, 0.2) is 10.7 Å². The van der Waals surface area contributed by atoms with Gasteiger partial charge >= 0.3 is 5.97 Å². The third kappa shape index (κ3) is 2.71. The van der Waals surface area contributed by atoms with Crippen LogP contribution < -0.4 is 5.32 Å². The van der Waals surface area contributed by atoms with Gasteiger partial charge in [-0.2, -0.15) is 4.98 Å². The molecule has 5 nitrogen and oxygen atoms in total. The molecule has 0 atom stereocenters. The second-order valence-corrected chi connectivity index (χ2v) is 3.58. The highest BCUT2D eigenvalue weighted by Crippen LogP contribution is 2.28. The minimum absolute atomic E-state index is 0.218. The third-order valence-electron chi connectivity index (χ3n) is 2.23. The quantitative estimate of drug-likeness (QED) is 0.749. The lowest BCUT2D eigenvalue weighted by Crippen LogP contribution is -2.06. The van der Waals surface area contributed by atoms with Crippen LogP contribution in [-0.2, 0) is 4.74 Å². The lowest BCUT2D eigenvalue weighted by atomic mass is 10.4. The average molecular weight is 210 g/mol. The maximum Gasteiger partial charge on any atom is 0.360 e. The Balaban J connectivity index is 1.87. The highest BCUT2D eigenvalue weighted by molar-refractivity contribution is 5.87. The van der Waals surface area contributed by atoms with Crippen LogP contribution in [-0.4, -0.2) is 24.1 Å². The molecule has 2 rings (SSSR count). The molecule has 0 aromatic carbocycles.